The molecule has 0 saturated carbocycles. The largest absolute Gasteiger partial charge is 0.381 e. The fourth-order valence-corrected chi connectivity index (χ4v) is 3.43. The van der Waals surface area contributed by atoms with Gasteiger partial charge in [-0.1, -0.05) is 6.92 Å². The number of hydrogen-bond donors (Lipinski definition) is 0. The molecule has 0 N–H and O–H groups in total. The number of nitrogens with zero attached hydrogens (tertiary/aromatic N) is 2. The van der Waals surface area contributed by atoms with Crippen LogP contribution in [-0.2, 0) is 4.74 Å². The van der Waals surface area contributed by atoms with Gasteiger partial charge in [-0.05, 0) is 52.1 Å². The van der Waals surface area contributed by atoms with Crippen molar-refractivity contribution in [3.8, 4) is 0 Å². The van der Waals surface area contributed by atoms with Crippen molar-refractivity contribution < 1.29 is 4.74 Å². The van der Waals surface area contributed by atoms with Crippen molar-refractivity contribution in [1.82, 2.24) is 9.80 Å². The highest BCUT2D eigenvalue weighted by Gasteiger charge is 2.28. The summed E-state index contributed by atoms with van der Waals surface area (Å²) in [6.07, 6.45) is 6.97. The van der Waals surface area contributed by atoms with E-state index in [9.17, 15) is 0 Å². The van der Waals surface area contributed by atoms with Gasteiger partial charge in [-0.15, -0.1) is 0 Å². The van der Waals surface area contributed by atoms with Gasteiger partial charge >= 0.3 is 0 Å². The monoisotopic (exact) mass is 254 g/mol. The Hall–Kier alpha value is -0.120. The van der Waals surface area contributed by atoms with E-state index in [1.165, 1.54) is 58.3 Å². The van der Waals surface area contributed by atoms with E-state index in [0.29, 0.717) is 6.10 Å². The van der Waals surface area contributed by atoms with Gasteiger partial charge in [0.2, 0.25) is 0 Å². The highest BCUT2D eigenvalue weighted by Crippen LogP contribution is 2.23. The molecule has 2 aliphatic rings. The lowest BCUT2D eigenvalue weighted by molar-refractivity contribution is 0.0110. The molecule has 0 amide bonds. The van der Waals surface area contributed by atoms with Gasteiger partial charge in [-0.2, -0.15) is 0 Å². The standard InChI is InChI=1S/C15H30N2O/c1-4-13(2)16-9-5-14(6-10-16)17-11-7-15(18-3)8-12-17/h13-15H,4-12H2,1-3H3. The molecule has 18 heavy (non-hydrogen) atoms. The van der Waals surface area contributed by atoms with E-state index in [-0.39, 0.29) is 0 Å². The summed E-state index contributed by atoms with van der Waals surface area (Å²) in [4.78, 5) is 5.38. The number of hydrogen-bond acceptors (Lipinski definition) is 3. The minimum absolute atomic E-state index is 0.515. The van der Waals surface area contributed by atoms with E-state index in [2.05, 4.69) is 23.6 Å². The van der Waals surface area contributed by atoms with Gasteiger partial charge in [0, 0.05) is 32.3 Å². The Labute approximate surface area is 112 Å². The lowest BCUT2D eigenvalue weighted by Gasteiger charge is -2.43. The van der Waals surface area contributed by atoms with Gasteiger partial charge in [-0.25, -0.2) is 0 Å². The van der Waals surface area contributed by atoms with Crippen LogP contribution in [-0.4, -0.2) is 61.3 Å². The first-order valence-corrected chi connectivity index (χ1v) is 7.75. The average molecular weight is 254 g/mol. The summed E-state index contributed by atoms with van der Waals surface area (Å²) < 4.78 is 5.45. The van der Waals surface area contributed by atoms with Gasteiger partial charge in [0.05, 0.1) is 6.10 Å². The number of piperidine rings is 2. The Morgan fingerprint density at radius 1 is 1.06 bits per heavy atom. The first-order chi connectivity index (χ1) is 8.74. The molecule has 2 fully saturated rings. The van der Waals surface area contributed by atoms with Gasteiger partial charge in [0.15, 0.2) is 0 Å². The first-order valence-electron chi connectivity index (χ1n) is 7.75. The third kappa shape index (κ3) is 3.46. The predicted molar refractivity (Wildman–Crippen MR) is 76.0 cm³/mol. The number of methoxy groups -OCH3 is 1. The average Bonchev–Trinajstić information content (AvgIpc) is 2.47. The first kappa shape index (κ1) is 14.3. The van der Waals surface area contributed by atoms with Crippen molar-refractivity contribution in [1.29, 1.82) is 0 Å². The van der Waals surface area contributed by atoms with Crippen molar-refractivity contribution in [2.45, 2.75) is 64.1 Å². The minimum atomic E-state index is 0.515. The van der Waals surface area contributed by atoms with E-state index in [1.807, 2.05) is 7.11 Å². The van der Waals surface area contributed by atoms with Crippen LogP contribution in [0.1, 0.15) is 46.0 Å². The molecule has 1 atom stereocenters. The third-order valence-electron chi connectivity index (χ3n) is 5.04. The fraction of sp³-hybridized carbons (Fsp3) is 1.00. The van der Waals surface area contributed by atoms with Crippen LogP contribution in [0.4, 0.5) is 0 Å². The van der Waals surface area contributed by atoms with E-state index in [1.54, 1.807) is 0 Å². The van der Waals surface area contributed by atoms with Crippen molar-refractivity contribution >= 4 is 0 Å². The van der Waals surface area contributed by atoms with E-state index in [0.717, 1.165) is 12.1 Å². The second-order valence-corrected chi connectivity index (χ2v) is 6.00. The molecule has 2 rings (SSSR count). The molecule has 0 aromatic heterocycles. The summed E-state index contributed by atoms with van der Waals surface area (Å²) in [5.41, 5.74) is 0. The molecule has 0 radical (unpaired) electrons. The van der Waals surface area contributed by atoms with Gasteiger partial charge in [0.25, 0.3) is 0 Å². The van der Waals surface area contributed by atoms with Crippen LogP contribution in [0, 0.1) is 0 Å². The Kier molecular flexibility index (Phi) is 5.46. The second-order valence-electron chi connectivity index (χ2n) is 6.00. The smallest absolute Gasteiger partial charge is 0.0595 e. The zero-order valence-electron chi connectivity index (χ0n) is 12.4. The molecule has 1 unspecified atom stereocenters. The van der Waals surface area contributed by atoms with Gasteiger partial charge in [-0.3, -0.25) is 0 Å². The third-order valence-corrected chi connectivity index (χ3v) is 5.04. The number of rotatable bonds is 4. The van der Waals surface area contributed by atoms with E-state index in [4.69, 9.17) is 4.74 Å². The molecule has 3 nitrogen and oxygen atoms in total. The molecule has 0 aromatic carbocycles. The van der Waals surface area contributed by atoms with Crippen LogP contribution >= 0.6 is 0 Å². The topological polar surface area (TPSA) is 15.7 Å². The van der Waals surface area contributed by atoms with E-state index < -0.39 is 0 Å². The normalized spacial score (nSPS) is 27.5. The summed E-state index contributed by atoms with van der Waals surface area (Å²) in [6.45, 7) is 9.74. The molecule has 0 spiro atoms. The molecule has 2 saturated heterocycles. The molecule has 0 bridgehead atoms. The lowest BCUT2D eigenvalue weighted by Crippen LogP contribution is -2.50. The molecular weight excluding hydrogens is 224 g/mol. The quantitative estimate of drug-likeness (QED) is 0.766. The Bertz CT molecular complexity index is 231. The fourth-order valence-electron chi connectivity index (χ4n) is 3.43. The maximum Gasteiger partial charge on any atom is 0.0595 e. The molecule has 0 aromatic rings. The second kappa shape index (κ2) is 6.88. The van der Waals surface area contributed by atoms with Crippen LogP contribution in [0.3, 0.4) is 0 Å². The summed E-state index contributed by atoms with van der Waals surface area (Å²) in [5.74, 6) is 0. The molecule has 106 valence electrons. The highest BCUT2D eigenvalue weighted by atomic mass is 16.5. The van der Waals surface area contributed by atoms with E-state index >= 15 is 0 Å². The lowest BCUT2D eigenvalue weighted by atomic mass is 9.98. The maximum atomic E-state index is 5.45. The zero-order chi connectivity index (χ0) is 13.0. The Morgan fingerprint density at radius 3 is 2.17 bits per heavy atom. The summed E-state index contributed by atoms with van der Waals surface area (Å²) in [6, 6.07) is 1.60. The van der Waals surface area contributed by atoms with Crippen LogP contribution < -0.4 is 0 Å². The summed E-state index contributed by atoms with van der Waals surface area (Å²) in [7, 11) is 1.85. The van der Waals surface area contributed by atoms with Gasteiger partial charge in [0.1, 0.15) is 0 Å². The zero-order valence-corrected chi connectivity index (χ0v) is 12.4. The van der Waals surface area contributed by atoms with Crippen LogP contribution in [0.15, 0.2) is 0 Å². The van der Waals surface area contributed by atoms with Gasteiger partial charge < -0.3 is 14.5 Å². The highest BCUT2D eigenvalue weighted by molar-refractivity contribution is 4.84. The van der Waals surface area contributed by atoms with Crippen LogP contribution in [0.25, 0.3) is 0 Å². The molecule has 3 heteroatoms. The van der Waals surface area contributed by atoms with Crippen molar-refractivity contribution in [3.05, 3.63) is 0 Å². The Balaban J connectivity index is 1.73. The van der Waals surface area contributed by atoms with Crippen LogP contribution in [0.2, 0.25) is 0 Å². The minimum Gasteiger partial charge on any atom is -0.381 e. The molecular formula is C15H30N2O. The number of ether oxygens (including phenoxy) is 1. The molecule has 2 aliphatic heterocycles. The van der Waals surface area contributed by atoms with Crippen molar-refractivity contribution in [2.24, 2.45) is 0 Å². The van der Waals surface area contributed by atoms with Crippen LogP contribution in [0.5, 0.6) is 0 Å². The SMILES string of the molecule is CCC(C)N1CCC(N2CCC(OC)CC2)CC1. The number of likely N-dealkylation sites (tertiary alicyclic amines) is 2. The van der Waals surface area contributed by atoms with Crippen molar-refractivity contribution in [2.75, 3.05) is 33.3 Å². The summed E-state index contributed by atoms with van der Waals surface area (Å²) >= 11 is 0. The maximum absolute atomic E-state index is 5.45. The predicted octanol–water partition coefficient (Wildman–Crippen LogP) is 2.36. The molecule has 2 heterocycles. The van der Waals surface area contributed by atoms with Crippen molar-refractivity contribution in [3.63, 3.8) is 0 Å². The molecule has 0 aliphatic carbocycles. The Morgan fingerprint density at radius 2 is 1.67 bits per heavy atom. The summed E-state index contributed by atoms with van der Waals surface area (Å²) in [5, 5.41) is 0.